The Morgan fingerprint density at radius 2 is 1.81 bits per heavy atom. The molecule has 1 unspecified atom stereocenters. The number of carboxylic acids is 1. The molecule has 0 saturated carbocycles. The maximum atomic E-state index is 12.5. The van der Waals surface area contributed by atoms with E-state index in [0.29, 0.717) is 13.1 Å². The maximum absolute atomic E-state index is 12.5. The quantitative estimate of drug-likeness (QED) is 0.894. The second-order valence-corrected chi connectivity index (χ2v) is 7.20. The van der Waals surface area contributed by atoms with Gasteiger partial charge in [-0.1, -0.05) is 23.7 Å². The van der Waals surface area contributed by atoms with E-state index in [-0.39, 0.29) is 23.0 Å². The third-order valence-electron chi connectivity index (χ3n) is 3.63. The van der Waals surface area contributed by atoms with Gasteiger partial charge in [0.1, 0.15) is 10.9 Å². The molecule has 1 fully saturated rings. The van der Waals surface area contributed by atoms with Gasteiger partial charge in [-0.3, -0.25) is 9.69 Å². The number of hydrogen-bond donors (Lipinski definition) is 1. The van der Waals surface area contributed by atoms with Gasteiger partial charge in [0.15, 0.2) is 0 Å². The van der Waals surface area contributed by atoms with Gasteiger partial charge in [-0.25, -0.2) is 8.42 Å². The van der Waals surface area contributed by atoms with Crippen molar-refractivity contribution in [1.29, 1.82) is 0 Å². The van der Waals surface area contributed by atoms with Gasteiger partial charge in [-0.2, -0.15) is 4.31 Å². The SMILES string of the molecule is CC(C(=O)O)N1CCN(S(=O)(=O)c2ccccc2Cl)CC1. The van der Waals surface area contributed by atoms with Crippen molar-refractivity contribution in [2.75, 3.05) is 26.2 Å². The van der Waals surface area contributed by atoms with E-state index in [1.54, 1.807) is 24.0 Å². The van der Waals surface area contributed by atoms with Crippen LogP contribution in [-0.4, -0.2) is 60.9 Å². The summed E-state index contributed by atoms with van der Waals surface area (Å²) < 4.78 is 26.4. The highest BCUT2D eigenvalue weighted by molar-refractivity contribution is 7.89. The van der Waals surface area contributed by atoms with Crippen LogP contribution in [0.25, 0.3) is 0 Å². The van der Waals surface area contributed by atoms with Crippen LogP contribution in [0.4, 0.5) is 0 Å². The number of halogens is 1. The normalized spacial score (nSPS) is 19.3. The molecule has 0 aliphatic carbocycles. The van der Waals surface area contributed by atoms with Gasteiger partial charge in [-0.05, 0) is 19.1 Å². The highest BCUT2D eigenvalue weighted by Crippen LogP contribution is 2.25. The summed E-state index contributed by atoms with van der Waals surface area (Å²) in [5, 5.41) is 9.18. The fourth-order valence-electron chi connectivity index (χ4n) is 2.28. The number of rotatable bonds is 4. The zero-order valence-electron chi connectivity index (χ0n) is 11.6. The summed E-state index contributed by atoms with van der Waals surface area (Å²) in [6.07, 6.45) is 0. The molecule has 0 bridgehead atoms. The Hall–Kier alpha value is -1.15. The van der Waals surface area contributed by atoms with Gasteiger partial charge < -0.3 is 5.11 Å². The molecule has 1 N–H and O–H groups in total. The first kappa shape index (κ1) is 16.2. The third kappa shape index (κ3) is 3.37. The van der Waals surface area contributed by atoms with Crippen LogP contribution >= 0.6 is 11.6 Å². The molecule has 0 aromatic heterocycles. The van der Waals surface area contributed by atoms with E-state index in [1.165, 1.54) is 16.4 Å². The van der Waals surface area contributed by atoms with Gasteiger partial charge in [0.25, 0.3) is 0 Å². The molecule has 1 aliphatic rings. The maximum Gasteiger partial charge on any atom is 0.320 e. The Morgan fingerprint density at radius 3 is 2.33 bits per heavy atom. The van der Waals surface area contributed by atoms with Crippen molar-refractivity contribution in [3.05, 3.63) is 29.3 Å². The van der Waals surface area contributed by atoms with Gasteiger partial charge in [0, 0.05) is 26.2 Å². The molecule has 1 saturated heterocycles. The monoisotopic (exact) mass is 332 g/mol. The number of carboxylic acid groups (broad SMARTS) is 1. The number of benzene rings is 1. The zero-order valence-corrected chi connectivity index (χ0v) is 13.1. The lowest BCUT2D eigenvalue weighted by Crippen LogP contribution is -2.53. The minimum Gasteiger partial charge on any atom is -0.480 e. The van der Waals surface area contributed by atoms with Crippen LogP contribution in [0.3, 0.4) is 0 Å². The van der Waals surface area contributed by atoms with Crippen LogP contribution in [0.1, 0.15) is 6.92 Å². The van der Waals surface area contributed by atoms with E-state index in [0.717, 1.165) is 0 Å². The average Bonchev–Trinajstić information content (AvgIpc) is 2.46. The first-order valence-electron chi connectivity index (χ1n) is 6.55. The Kier molecular flexibility index (Phi) is 4.88. The van der Waals surface area contributed by atoms with Crippen molar-refractivity contribution in [2.45, 2.75) is 17.9 Å². The fraction of sp³-hybridized carbons (Fsp3) is 0.462. The van der Waals surface area contributed by atoms with E-state index in [9.17, 15) is 13.2 Å². The Labute approximate surface area is 129 Å². The Bertz CT molecular complexity index is 627. The summed E-state index contributed by atoms with van der Waals surface area (Å²) in [5.41, 5.74) is 0. The van der Waals surface area contributed by atoms with E-state index in [1.807, 2.05) is 0 Å². The van der Waals surface area contributed by atoms with E-state index in [4.69, 9.17) is 16.7 Å². The fourth-order valence-corrected chi connectivity index (χ4v) is 4.20. The number of sulfonamides is 1. The highest BCUT2D eigenvalue weighted by Gasteiger charge is 2.32. The molecular weight excluding hydrogens is 316 g/mol. The lowest BCUT2D eigenvalue weighted by atomic mass is 10.2. The topological polar surface area (TPSA) is 77.9 Å². The molecule has 2 rings (SSSR count). The zero-order chi connectivity index (χ0) is 15.6. The molecule has 1 aliphatic heterocycles. The average molecular weight is 333 g/mol. The molecule has 21 heavy (non-hydrogen) atoms. The van der Waals surface area contributed by atoms with Crippen LogP contribution < -0.4 is 0 Å². The summed E-state index contributed by atoms with van der Waals surface area (Å²) in [6.45, 7) is 2.88. The molecule has 8 heteroatoms. The van der Waals surface area contributed by atoms with E-state index in [2.05, 4.69) is 0 Å². The number of carbonyl (C=O) groups is 1. The minimum absolute atomic E-state index is 0.0893. The molecule has 1 aromatic rings. The Balaban J connectivity index is 2.12. The lowest BCUT2D eigenvalue weighted by Gasteiger charge is -2.35. The third-order valence-corrected chi connectivity index (χ3v) is 6.03. The second-order valence-electron chi connectivity index (χ2n) is 4.88. The molecule has 0 radical (unpaired) electrons. The summed E-state index contributed by atoms with van der Waals surface area (Å²) >= 11 is 5.95. The Morgan fingerprint density at radius 1 is 1.24 bits per heavy atom. The smallest absolute Gasteiger partial charge is 0.320 e. The number of nitrogens with zero attached hydrogens (tertiary/aromatic N) is 2. The first-order chi connectivity index (χ1) is 9.84. The minimum atomic E-state index is -3.63. The molecule has 0 amide bonds. The molecule has 116 valence electrons. The van der Waals surface area contributed by atoms with Crippen LogP contribution in [0, 0.1) is 0 Å². The van der Waals surface area contributed by atoms with Crippen molar-refractivity contribution in [2.24, 2.45) is 0 Å². The van der Waals surface area contributed by atoms with Crippen molar-refractivity contribution in [1.82, 2.24) is 9.21 Å². The molecule has 0 spiro atoms. The summed E-state index contributed by atoms with van der Waals surface area (Å²) in [5.74, 6) is -0.905. The number of aliphatic carboxylic acids is 1. The van der Waals surface area contributed by atoms with Crippen LogP contribution in [0.2, 0.25) is 5.02 Å². The van der Waals surface area contributed by atoms with Crippen LogP contribution in [0.5, 0.6) is 0 Å². The molecule has 1 aromatic carbocycles. The summed E-state index contributed by atoms with van der Waals surface area (Å²) in [6, 6.07) is 5.70. The van der Waals surface area contributed by atoms with Gasteiger partial charge in [0.2, 0.25) is 10.0 Å². The predicted octanol–water partition coefficient (Wildman–Crippen LogP) is 1.12. The number of piperazine rings is 1. The van der Waals surface area contributed by atoms with Crippen molar-refractivity contribution < 1.29 is 18.3 Å². The molecular formula is C13H17ClN2O4S. The summed E-state index contributed by atoms with van der Waals surface area (Å²) in [4.78, 5) is 12.8. The molecule has 1 heterocycles. The molecule has 1 atom stereocenters. The van der Waals surface area contributed by atoms with Crippen molar-refractivity contribution in [3.63, 3.8) is 0 Å². The largest absolute Gasteiger partial charge is 0.480 e. The van der Waals surface area contributed by atoms with Gasteiger partial charge >= 0.3 is 5.97 Å². The summed E-state index contributed by atoms with van der Waals surface area (Å²) in [7, 11) is -3.63. The van der Waals surface area contributed by atoms with Gasteiger partial charge in [-0.15, -0.1) is 0 Å². The lowest BCUT2D eigenvalue weighted by molar-refractivity contribution is -0.143. The standard InChI is InChI=1S/C13H17ClN2O4S/c1-10(13(17)18)15-6-8-16(9-7-15)21(19,20)12-5-3-2-4-11(12)14/h2-5,10H,6-9H2,1H3,(H,17,18). The van der Waals surface area contributed by atoms with Crippen LogP contribution in [0.15, 0.2) is 29.2 Å². The van der Waals surface area contributed by atoms with E-state index < -0.39 is 22.0 Å². The van der Waals surface area contributed by atoms with Crippen molar-refractivity contribution >= 4 is 27.6 Å². The second kappa shape index (κ2) is 6.31. The highest BCUT2D eigenvalue weighted by atomic mass is 35.5. The number of hydrogen-bond acceptors (Lipinski definition) is 4. The van der Waals surface area contributed by atoms with E-state index >= 15 is 0 Å². The van der Waals surface area contributed by atoms with Crippen molar-refractivity contribution in [3.8, 4) is 0 Å². The van der Waals surface area contributed by atoms with Gasteiger partial charge in [0.05, 0.1) is 5.02 Å². The first-order valence-corrected chi connectivity index (χ1v) is 8.37. The van der Waals surface area contributed by atoms with Crippen LogP contribution in [-0.2, 0) is 14.8 Å². The predicted molar refractivity (Wildman–Crippen MR) is 78.9 cm³/mol. The molecule has 6 nitrogen and oxygen atoms in total.